The first kappa shape index (κ1) is 28.4. The Hall–Kier alpha value is -4.56. The molecule has 0 aliphatic heterocycles. The summed E-state index contributed by atoms with van der Waals surface area (Å²) in [6.07, 6.45) is 0. The topological polar surface area (TPSA) is 163 Å². The van der Waals surface area contributed by atoms with Crippen LogP contribution in [0.2, 0.25) is 0 Å². The first-order chi connectivity index (χ1) is 19.1. The molecule has 4 rings (SSSR count). The molecule has 0 saturated heterocycles. The molecule has 12 nitrogen and oxygen atoms in total. The molecule has 4 aromatic rings. The van der Waals surface area contributed by atoms with Crippen LogP contribution in [-0.2, 0) is 24.3 Å². The number of ether oxygens (including phenoxy) is 3. The molecule has 0 spiro atoms. The highest BCUT2D eigenvalue weighted by Crippen LogP contribution is 2.29. The maximum Gasteiger partial charge on any atom is 0.339 e. The Kier molecular flexibility index (Phi) is 8.60. The lowest BCUT2D eigenvalue weighted by Crippen LogP contribution is -2.18. The van der Waals surface area contributed by atoms with E-state index in [-0.39, 0.29) is 43.9 Å². The van der Waals surface area contributed by atoms with Gasteiger partial charge in [0.15, 0.2) is 5.58 Å². The second-order valence-corrected chi connectivity index (χ2v) is 10.6. The summed E-state index contributed by atoms with van der Waals surface area (Å²) in [7, 11) is -0.130. The van der Waals surface area contributed by atoms with Crippen molar-refractivity contribution in [3.8, 4) is 5.75 Å². The minimum Gasteiger partial charge on any atom is -0.495 e. The first-order valence-electron chi connectivity index (χ1n) is 11.4. The van der Waals surface area contributed by atoms with Gasteiger partial charge < -0.3 is 23.9 Å². The third-order valence-electron chi connectivity index (χ3n) is 5.45. The van der Waals surface area contributed by atoms with Gasteiger partial charge in [-0.1, -0.05) is 23.9 Å². The van der Waals surface area contributed by atoms with Crippen molar-refractivity contribution in [2.24, 2.45) is 0 Å². The van der Waals surface area contributed by atoms with E-state index in [9.17, 15) is 22.8 Å². The fraction of sp³-hybridized carbons (Fsp3) is 0.154. The fourth-order valence-electron chi connectivity index (χ4n) is 3.54. The molecule has 0 radical (unpaired) electrons. The first-order valence-corrected chi connectivity index (χ1v) is 13.9. The predicted octanol–water partition coefficient (Wildman–Crippen LogP) is 3.94. The number of hydrogen-bond acceptors (Lipinski definition) is 11. The fourth-order valence-corrected chi connectivity index (χ4v) is 5.27. The second-order valence-electron chi connectivity index (χ2n) is 8.00. The molecule has 0 bridgehead atoms. The number of fused-ring (bicyclic) bond motifs is 1. The van der Waals surface area contributed by atoms with Crippen LogP contribution in [0.3, 0.4) is 0 Å². The zero-order valence-corrected chi connectivity index (χ0v) is 23.1. The van der Waals surface area contributed by atoms with Gasteiger partial charge in [-0.15, -0.1) is 0 Å². The summed E-state index contributed by atoms with van der Waals surface area (Å²) in [5, 5.41) is 2.69. The summed E-state index contributed by atoms with van der Waals surface area (Å²) in [5.74, 6) is -1.68. The molecular weight excluding hydrogens is 562 g/mol. The standard InChI is InChI=1S/C26H23N3O9S2/c1-35-21-7-5-4-6-18(21)29-40(33,34)16-9-11-22-20(13-16)28-26(38-22)39-14-23(30)27-19-12-15(24(31)36-2)8-10-17(19)25(32)37-3/h4-13,29H,14H2,1-3H3,(H,27,30). The number of amides is 1. The van der Waals surface area contributed by atoms with Gasteiger partial charge in [0.25, 0.3) is 15.2 Å². The van der Waals surface area contributed by atoms with Gasteiger partial charge in [-0.2, -0.15) is 0 Å². The van der Waals surface area contributed by atoms with Gasteiger partial charge in [0.2, 0.25) is 5.91 Å². The number of rotatable bonds is 10. The number of para-hydroxylation sites is 2. The Morgan fingerprint density at radius 2 is 1.68 bits per heavy atom. The minimum absolute atomic E-state index is 0.0469. The predicted molar refractivity (Wildman–Crippen MR) is 146 cm³/mol. The maximum absolute atomic E-state index is 12.9. The highest BCUT2D eigenvalue weighted by molar-refractivity contribution is 7.99. The number of benzene rings is 3. The number of esters is 2. The number of sulfonamides is 1. The molecule has 40 heavy (non-hydrogen) atoms. The second kappa shape index (κ2) is 12.1. The quantitative estimate of drug-likeness (QED) is 0.205. The average Bonchev–Trinajstić information content (AvgIpc) is 3.37. The van der Waals surface area contributed by atoms with Crippen molar-refractivity contribution in [1.82, 2.24) is 4.98 Å². The van der Waals surface area contributed by atoms with E-state index in [2.05, 4.69) is 19.8 Å². The van der Waals surface area contributed by atoms with Gasteiger partial charge in [0.1, 0.15) is 11.3 Å². The normalized spacial score (nSPS) is 11.1. The molecule has 1 aromatic heterocycles. The monoisotopic (exact) mass is 585 g/mol. The number of carbonyl (C=O) groups excluding carboxylic acids is 3. The number of oxazole rings is 1. The molecule has 0 aliphatic rings. The van der Waals surface area contributed by atoms with Crippen molar-refractivity contribution in [1.29, 1.82) is 0 Å². The molecule has 14 heteroatoms. The Balaban J connectivity index is 1.48. The van der Waals surface area contributed by atoms with Crippen molar-refractivity contribution < 1.29 is 41.4 Å². The van der Waals surface area contributed by atoms with Crippen LogP contribution in [0, 0.1) is 0 Å². The van der Waals surface area contributed by atoms with E-state index in [4.69, 9.17) is 13.9 Å². The molecule has 2 N–H and O–H groups in total. The van der Waals surface area contributed by atoms with Gasteiger partial charge in [-0.05, 0) is 48.5 Å². The number of methoxy groups -OCH3 is 3. The van der Waals surface area contributed by atoms with Crippen LogP contribution in [0.4, 0.5) is 11.4 Å². The number of hydrogen-bond donors (Lipinski definition) is 2. The molecule has 0 saturated carbocycles. The number of thioether (sulfide) groups is 1. The van der Waals surface area contributed by atoms with E-state index in [0.29, 0.717) is 11.3 Å². The number of aromatic nitrogens is 1. The summed E-state index contributed by atoms with van der Waals surface area (Å²) < 4.78 is 48.6. The molecule has 0 atom stereocenters. The zero-order valence-electron chi connectivity index (χ0n) is 21.4. The molecule has 0 unspecified atom stereocenters. The van der Waals surface area contributed by atoms with Gasteiger partial charge >= 0.3 is 11.9 Å². The summed E-state index contributed by atoms with van der Waals surface area (Å²) >= 11 is 0.950. The highest BCUT2D eigenvalue weighted by atomic mass is 32.2. The van der Waals surface area contributed by atoms with E-state index in [1.807, 2.05) is 0 Å². The molecule has 3 aromatic carbocycles. The van der Waals surface area contributed by atoms with Crippen LogP contribution in [0.15, 0.2) is 75.2 Å². The highest BCUT2D eigenvalue weighted by Gasteiger charge is 2.20. The lowest BCUT2D eigenvalue weighted by atomic mass is 10.1. The smallest absolute Gasteiger partial charge is 0.339 e. The largest absolute Gasteiger partial charge is 0.495 e. The molecule has 0 fully saturated rings. The van der Waals surface area contributed by atoms with E-state index in [1.54, 1.807) is 24.3 Å². The third kappa shape index (κ3) is 6.35. The van der Waals surface area contributed by atoms with Gasteiger partial charge in [-0.3, -0.25) is 9.52 Å². The molecule has 1 heterocycles. The summed E-state index contributed by atoms with van der Waals surface area (Å²) in [6.45, 7) is 0. The Bertz CT molecular complexity index is 1700. The summed E-state index contributed by atoms with van der Waals surface area (Å²) in [5.41, 5.74) is 1.10. The minimum atomic E-state index is -3.97. The molecule has 0 aliphatic carbocycles. The van der Waals surface area contributed by atoms with Gasteiger partial charge in [0.05, 0.1) is 54.5 Å². The van der Waals surface area contributed by atoms with Crippen molar-refractivity contribution in [3.63, 3.8) is 0 Å². The van der Waals surface area contributed by atoms with Crippen LogP contribution >= 0.6 is 11.8 Å². The van der Waals surface area contributed by atoms with Crippen LogP contribution in [0.5, 0.6) is 5.75 Å². The molecule has 1 amide bonds. The van der Waals surface area contributed by atoms with Gasteiger partial charge in [0, 0.05) is 0 Å². The third-order valence-corrected chi connectivity index (χ3v) is 7.64. The van der Waals surface area contributed by atoms with E-state index >= 15 is 0 Å². The summed E-state index contributed by atoms with van der Waals surface area (Å²) in [6, 6.07) is 14.8. The number of nitrogens with zero attached hydrogens (tertiary/aromatic N) is 1. The lowest BCUT2D eigenvalue weighted by Gasteiger charge is -2.11. The van der Waals surface area contributed by atoms with Crippen LogP contribution in [0.25, 0.3) is 11.1 Å². The Morgan fingerprint density at radius 1 is 0.925 bits per heavy atom. The number of nitrogens with one attached hydrogen (secondary N) is 2. The molecular formula is C26H23N3O9S2. The maximum atomic E-state index is 12.9. The van der Waals surface area contributed by atoms with Crippen LogP contribution in [-0.4, -0.2) is 58.3 Å². The number of carbonyl (C=O) groups is 3. The number of anilines is 2. The Morgan fingerprint density at radius 3 is 2.40 bits per heavy atom. The van der Waals surface area contributed by atoms with Crippen molar-refractivity contribution in [2.45, 2.75) is 10.1 Å². The van der Waals surface area contributed by atoms with Gasteiger partial charge in [-0.25, -0.2) is 23.0 Å². The van der Waals surface area contributed by atoms with Crippen LogP contribution < -0.4 is 14.8 Å². The lowest BCUT2D eigenvalue weighted by molar-refractivity contribution is -0.113. The van der Waals surface area contributed by atoms with Crippen molar-refractivity contribution in [2.75, 3.05) is 37.1 Å². The Labute approximate surface area is 233 Å². The van der Waals surface area contributed by atoms with Crippen molar-refractivity contribution >= 4 is 62.1 Å². The van der Waals surface area contributed by atoms with E-state index < -0.39 is 27.9 Å². The SMILES string of the molecule is COC(=O)c1ccc(C(=O)OC)c(NC(=O)CSc2nc3cc(S(=O)(=O)Nc4ccccc4OC)ccc3o2)c1. The summed E-state index contributed by atoms with van der Waals surface area (Å²) in [4.78, 5) is 40.9. The van der Waals surface area contributed by atoms with E-state index in [1.165, 1.54) is 57.7 Å². The average molecular weight is 586 g/mol. The van der Waals surface area contributed by atoms with Crippen LogP contribution in [0.1, 0.15) is 20.7 Å². The molecule has 208 valence electrons. The van der Waals surface area contributed by atoms with Crippen molar-refractivity contribution in [3.05, 3.63) is 71.8 Å². The van der Waals surface area contributed by atoms with E-state index in [0.717, 1.165) is 11.8 Å². The zero-order chi connectivity index (χ0) is 28.9.